The van der Waals surface area contributed by atoms with Gasteiger partial charge in [0.25, 0.3) is 0 Å². The summed E-state index contributed by atoms with van der Waals surface area (Å²) in [5.41, 5.74) is 2.97. The quantitative estimate of drug-likeness (QED) is 0.618. The Hall–Kier alpha value is -2.43. The number of hydrogen-bond donors (Lipinski definition) is 1. The van der Waals surface area contributed by atoms with Gasteiger partial charge in [0, 0.05) is 5.69 Å². The Balaban J connectivity index is 1.39. The van der Waals surface area contributed by atoms with E-state index in [0.717, 1.165) is 36.1 Å². The van der Waals surface area contributed by atoms with Crippen LogP contribution in [0.1, 0.15) is 38.3 Å². The molecule has 7 atom stereocenters. The molecule has 3 amide bonds. The van der Waals surface area contributed by atoms with E-state index in [4.69, 9.17) is 0 Å². The van der Waals surface area contributed by atoms with Crippen molar-refractivity contribution in [1.82, 2.24) is 4.90 Å². The van der Waals surface area contributed by atoms with Crippen LogP contribution < -0.4 is 5.32 Å². The van der Waals surface area contributed by atoms with Gasteiger partial charge >= 0.3 is 0 Å². The van der Waals surface area contributed by atoms with Crippen LogP contribution in [-0.4, -0.2) is 28.7 Å². The number of nitrogens with zero attached hydrogens (tertiary/aromatic N) is 1. The molecule has 1 heterocycles. The van der Waals surface area contributed by atoms with Crippen molar-refractivity contribution in [3.05, 3.63) is 41.5 Å². The first-order valence-electron chi connectivity index (χ1n) is 10.9. The summed E-state index contributed by atoms with van der Waals surface area (Å²) in [6.45, 7) is 5.79. The van der Waals surface area contributed by atoms with Gasteiger partial charge in [-0.2, -0.15) is 0 Å². The first kappa shape index (κ1) is 18.6. The summed E-state index contributed by atoms with van der Waals surface area (Å²) in [6.07, 6.45) is 7.07. The highest BCUT2D eigenvalue weighted by Gasteiger charge is 2.67. The van der Waals surface area contributed by atoms with Gasteiger partial charge in [0.15, 0.2) is 0 Å². The summed E-state index contributed by atoms with van der Waals surface area (Å²) in [4.78, 5) is 40.9. The van der Waals surface area contributed by atoms with E-state index in [2.05, 4.69) is 31.3 Å². The molecule has 0 spiro atoms. The maximum atomic E-state index is 13.2. The smallest absolute Gasteiger partial charge is 0.247 e. The van der Waals surface area contributed by atoms with Crippen LogP contribution in [0.25, 0.3) is 0 Å². The first-order valence-corrected chi connectivity index (χ1v) is 10.9. The number of rotatable bonds is 5. The van der Waals surface area contributed by atoms with Gasteiger partial charge in [-0.15, -0.1) is 0 Å². The third-order valence-electron chi connectivity index (χ3n) is 7.71. The van der Waals surface area contributed by atoms with Crippen LogP contribution >= 0.6 is 0 Å². The summed E-state index contributed by atoms with van der Waals surface area (Å²) in [6, 6.07) is 5.22. The number of carbonyl (C=O) groups excluding carboxylic acids is 3. The van der Waals surface area contributed by atoms with Crippen LogP contribution in [0.15, 0.2) is 30.4 Å². The predicted octanol–water partition coefficient (Wildman–Crippen LogP) is 3.19. The molecule has 1 N–H and O–H groups in total. The number of amides is 3. The lowest BCUT2D eigenvalue weighted by Crippen LogP contribution is -2.46. The van der Waals surface area contributed by atoms with Gasteiger partial charge in [-0.1, -0.05) is 44.2 Å². The first-order chi connectivity index (χ1) is 14.0. The number of allylic oxidation sites excluding steroid dienone is 2. The Morgan fingerprint density at radius 3 is 2.03 bits per heavy atom. The van der Waals surface area contributed by atoms with Crippen LogP contribution in [0, 0.1) is 35.5 Å². The number of para-hydroxylation sites is 1. The van der Waals surface area contributed by atoms with E-state index in [-0.39, 0.29) is 41.4 Å². The van der Waals surface area contributed by atoms with Crippen molar-refractivity contribution < 1.29 is 14.4 Å². The lowest BCUT2D eigenvalue weighted by atomic mass is 9.63. The van der Waals surface area contributed by atoms with Crippen molar-refractivity contribution in [2.75, 3.05) is 5.32 Å². The highest BCUT2D eigenvalue weighted by atomic mass is 16.2. The second-order valence-corrected chi connectivity index (χ2v) is 9.02. The van der Waals surface area contributed by atoms with Crippen molar-refractivity contribution in [3.63, 3.8) is 0 Å². The summed E-state index contributed by atoms with van der Waals surface area (Å²) >= 11 is 0. The number of imide groups is 1. The molecular formula is C24H28N2O3. The molecule has 29 heavy (non-hydrogen) atoms. The minimum atomic E-state index is -0.800. The van der Waals surface area contributed by atoms with Gasteiger partial charge in [0.1, 0.15) is 6.04 Å². The molecule has 152 valence electrons. The van der Waals surface area contributed by atoms with Gasteiger partial charge in [-0.25, -0.2) is 0 Å². The summed E-state index contributed by atoms with van der Waals surface area (Å²) in [7, 11) is 0. The van der Waals surface area contributed by atoms with Gasteiger partial charge < -0.3 is 5.32 Å². The SMILES string of the molecule is CCc1cccc(CC)c1NC(=O)C(C)N1C(=O)C2C3C=CC(C4CC34)C2C1=O. The number of carbonyl (C=O) groups is 3. The molecule has 0 aromatic heterocycles. The fourth-order valence-corrected chi connectivity index (χ4v) is 6.11. The molecule has 1 aromatic rings. The number of nitrogens with one attached hydrogen (secondary N) is 1. The minimum Gasteiger partial charge on any atom is -0.324 e. The molecule has 1 aromatic carbocycles. The van der Waals surface area contributed by atoms with Gasteiger partial charge in [0.2, 0.25) is 17.7 Å². The fraction of sp³-hybridized carbons (Fsp3) is 0.542. The summed E-state index contributed by atoms with van der Waals surface area (Å²) in [5, 5.41) is 3.04. The highest BCUT2D eigenvalue weighted by Crippen LogP contribution is 2.65. The topological polar surface area (TPSA) is 66.5 Å². The van der Waals surface area contributed by atoms with Crippen molar-refractivity contribution in [3.8, 4) is 0 Å². The molecule has 1 saturated heterocycles. The lowest BCUT2D eigenvalue weighted by molar-refractivity contribution is -0.146. The Bertz CT molecular complexity index is 878. The largest absolute Gasteiger partial charge is 0.324 e. The Kier molecular flexibility index (Phi) is 4.19. The van der Waals surface area contributed by atoms with Crippen molar-refractivity contribution >= 4 is 23.4 Å². The molecule has 6 rings (SSSR count). The number of hydrogen-bond acceptors (Lipinski definition) is 3. The molecule has 7 unspecified atom stereocenters. The van der Waals surface area contributed by atoms with Crippen LogP contribution in [0.5, 0.6) is 0 Å². The molecule has 5 heteroatoms. The van der Waals surface area contributed by atoms with Gasteiger partial charge in [0.05, 0.1) is 11.8 Å². The maximum absolute atomic E-state index is 13.2. The minimum absolute atomic E-state index is 0.146. The van der Waals surface area contributed by atoms with E-state index in [1.165, 1.54) is 4.90 Å². The average Bonchev–Trinajstić information content (AvgIpc) is 3.51. The number of aryl methyl sites for hydroxylation is 2. The van der Waals surface area contributed by atoms with Crippen LogP contribution in [0.2, 0.25) is 0 Å². The summed E-state index contributed by atoms with van der Waals surface area (Å²) in [5.74, 6) is 0.394. The maximum Gasteiger partial charge on any atom is 0.247 e. The number of benzene rings is 1. The number of likely N-dealkylation sites (tertiary alicyclic amines) is 1. The van der Waals surface area contributed by atoms with Gasteiger partial charge in [-0.05, 0) is 61.0 Å². The zero-order valence-electron chi connectivity index (χ0n) is 17.2. The normalized spacial score (nSPS) is 34.8. The van der Waals surface area contributed by atoms with E-state index in [1.807, 2.05) is 18.2 Å². The molecule has 2 saturated carbocycles. The lowest BCUT2D eigenvalue weighted by Gasteiger charge is -2.37. The van der Waals surface area contributed by atoms with E-state index in [0.29, 0.717) is 11.8 Å². The van der Waals surface area contributed by atoms with E-state index in [1.54, 1.807) is 6.92 Å². The van der Waals surface area contributed by atoms with Crippen molar-refractivity contribution in [2.24, 2.45) is 35.5 Å². The molecule has 2 bridgehead atoms. The monoisotopic (exact) mass is 392 g/mol. The Morgan fingerprint density at radius 1 is 1.03 bits per heavy atom. The molecule has 5 aliphatic rings. The van der Waals surface area contributed by atoms with Crippen molar-refractivity contribution in [1.29, 1.82) is 0 Å². The zero-order chi connectivity index (χ0) is 20.4. The predicted molar refractivity (Wildman–Crippen MR) is 110 cm³/mol. The molecule has 0 radical (unpaired) electrons. The molecule has 1 aliphatic heterocycles. The summed E-state index contributed by atoms with van der Waals surface area (Å²) < 4.78 is 0. The van der Waals surface area contributed by atoms with Crippen LogP contribution in [-0.2, 0) is 27.2 Å². The fourth-order valence-electron chi connectivity index (χ4n) is 6.11. The molecule has 5 nitrogen and oxygen atoms in total. The van der Waals surface area contributed by atoms with Gasteiger partial charge in [-0.3, -0.25) is 19.3 Å². The third-order valence-corrected chi connectivity index (χ3v) is 7.71. The van der Waals surface area contributed by atoms with E-state index in [9.17, 15) is 14.4 Å². The molecular weight excluding hydrogens is 364 g/mol. The molecule has 3 fully saturated rings. The molecule has 4 aliphatic carbocycles. The second-order valence-electron chi connectivity index (χ2n) is 9.02. The van der Waals surface area contributed by atoms with E-state index < -0.39 is 6.04 Å². The van der Waals surface area contributed by atoms with Crippen molar-refractivity contribution in [2.45, 2.75) is 46.1 Å². The number of anilines is 1. The average molecular weight is 392 g/mol. The third kappa shape index (κ3) is 2.55. The second kappa shape index (κ2) is 6.54. The van der Waals surface area contributed by atoms with E-state index >= 15 is 0 Å². The van der Waals surface area contributed by atoms with Crippen LogP contribution in [0.4, 0.5) is 5.69 Å². The highest BCUT2D eigenvalue weighted by molar-refractivity contribution is 6.10. The zero-order valence-corrected chi connectivity index (χ0v) is 17.2. The Morgan fingerprint density at radius 2 is 1.55 bits per heavy atom. The van der Waals surface area contributed by atoms with Crippen LogP contribution in [0.3, 0.4) is 0 Å². The Labute approximate surface area is 171 Å². The standard InChI is InChI=1S/C24H28N2O3/c1-4-13-7-6-8-14(5-2)21(13)25-22(27)12(3)26-23(28)19-15-9-10-16(18-11-17(15)18)20(19)24(26)29/h6-10,12,15-20H,4-5,11H2,1-3H3,(H,25,27).